The summed E-state index contributed by atoms with van der Waals surface area (Å²) in [5.74, 6) is -0.203. The van der Waals surface area contributed by atoms with E-state index >= 15 is 0 Å². The lowest BCUT2D eigenvalue weighted by Crippen LogP contribution is -2.49. The van der Waals surface area contributed by atoms with E-state index < -0.39 is 5.82 Å². The summed E-state index contributed by atoms with van der Waals surface area (Å²) in [7, 11) is 0. The van der Waals surface area contributed by atoms with Crippen LogP contribution in [-0.2, 0) is 0 Å². The molecule has 2 fully saturated rings. The van der Waals surface area contributed by atoms with Crippen molar-refractivity contribution >= 4 is 35.1 Å². The molecule has 0 atom stereocenters. The number of carbonyl (C=O) groups excluding carboxylic acids is 1. The molecule has 0 radical (unpaired) electrons. The fourth-order valence-corrected chi connectivity index (χ4v) is 6.50. The van der Waals surface area contributed by atoms with Crippen LogP contribution < -0.4 is 4.90 Å². The summed E-state index contributed by atoms with van der Waals surface area (Å²) in [6.07, 6.45) is 2.02. The maximum atomic E-state index is 13.4. The number of aromatic hydroxyl groups is 1. The van der Waals surface area contributed by atoms with Crippen LogP contribution in [0.25, 0.3) is 0 Å². The minimum absolute atomic E-state index is 0.108. The number of piperidine rings is 1. The third kappa shape index (κ3) is 5.92. The average Bonchev–Trinajstić information content (AvgIpc) is 2.91. The molecule has 38 heavy (non-hydrogen) atoms. The highest BCUT2D eigenvalue weighted by atomic mass is 35.5. The number of amides is 1. The third-order valence-electron chi connectivity index (χ3n) is 7.35. The first kappa shape index (κ1) is 26.8. The summed E-state index contributed by atoms with van der Waals surface area (Å²) in [5.41, 5.74) is 3.06. The Morgan fingerprint density at radius 3 is 2.24 bits per heavy atom. The van der Waals surface area contributed by atoms with Gasteiger partial charge in [-0.25, -0.2) is 13.1 Å². The van der Waals surface area contributed by atoms with Gasteiger partial charge in [0.05, 0.1) is 16.3 Å². The molecule has 5 rings (SSSR count). The fraction of sp³-hybridized carbons (Fsp3) is 0.345. The molecule has 5 nitrogen and oxygen atoms in total. The Morgan fingerprint density at radius 1 is 0.921 bits per heavy atom. The van der Waals surface area contributed by atoms with Crippen LogP contribution in [0, 0.1) is 18.6 Å². The second kappa shape index (κ2) is 11.5. The number of halogens is 3. The van der Waals surface area contributed by atoms with E-state index in [0.717, 1.165) is 48.1 Å². The number of benzene rings is 3. The normalized spacial score (nSPS) is 17.2. The maximum absolute atomic E-state index is 13.4. The van der Waals surface area contributed by atoms with Gasteiger partial charge in [0.1, 0.15) is 17.4 Å². The van der Waals surface area contributed by atoms with Crippen molar-refractivity contribution in [2.75, 3.05) is 44.2 Å². The standard InChI is InChI=1S/C29H30ClF2N3O2S/c1-19-16-24(38-35-10-8-21(9-11-35)20-2-4-22(31)5-3-20)18-27(28(19)36)33-12-14-34(15-13-33)29(37)25-7-6-23(32)17-26(25)30/h2-7,16-18,21,36H,8-15H2,1H3. The van der Waals surface area contributed by atoms with E-state index in [1.54, 1.807) is 16.8 Å². The third-order valence-corrected chi connectivity index (χ3v) is 8.74. The van der Waals surface area contributed by atoms with Crippen molar-refractivity contribution in [2.24, 2.45) is 0 Å². The molecule has 9 heteroatoms. The van der Waals surface area contributed by atoms with Crippen LogP contribution in [-0.4, -0.2) is 59.5 Å². The van der Waals surface area contributed by atoms with Gasteiger partial charge in [0, 0.05) is 44.2 Å². The highest BCUT2D eigenvalue weighted by Gasteiger charge is 2.27. The van der Waals surface area contributed by atoms with Crippen LogP contribution in [0.4, 0.5) is 14.5 Å². The minimum atomic E-state index is -0.475. The zero-order chi connectivity index (χ0) is 26.8. The Hall–Kier alpha value is -2.81. The van der Waals surface area contributed by atoms with Gasteiger partial charge in [0.25, 0.3) is 5.91 Å². The van der Waals surface area contributed by atoms with Gasteiger partial charge in [-0.05, 0) is 91.2 Å². The highest BCUT2D eigenvalue weighted by molar-refractivity contribution is 7.97. The molecule has 0 aromatic heterocycles. The molecular weight excluding hydrogens is 528 g/mol. The number of rotatable bonds is 5. The van der Waals surface area contributed by atoms with E-state index in [4.69, 9.17) is 11.6 Å². The van der Waals surface area contributed by atoms with Crippen LogP contribution in [0.3, 0.4) is 0 Å². The first-order chi connectivity index (χ1) is 18.3. The number of hydrogen-bond donors (Lipinski definition) is 1. The molecular formula is C29H30ClF2N3O2S. The van der Waals surface area contributed by atoms with Crippen molar-refractivity contribution in [1.82, 2.24) is 9.21 Å². The average molecular weight is 558 g/mol. The second-order valence-electron chi connectivity index (χ2n) is 9.86. The number of nitrogens with zero attached hydrogens (tertiary/aromatic N) is 3. The predicted molar refractivity (Wildman–Crippen MR) is 148 cm³/mol. The van der Waals surface area contributed by atoms with Crippen molar-refractivity contribution in [3.63, 3.8) is 0 Å². The predicted octanol–water partition coefficient (Wildman–Crippen LogP) is 6.48. The number of anilines is 1. The molecule has 0 aliphatic carbocycles. The summed E-state index contributed by atoms with van der Waals surface area (Å²) in [4.78, 5) is 17.8. The number of carbonyl (C=O) groups is 1. The lowest BCUT2D eigenvalue weighted by atomic mass is 9.90. The monoisotopic (exact) mass is 557 g/mol. The quantitative estimate of drug-likeness (QED) is 0.364. The van der Waals surface area contributed by atoms with Gasteiger partial charge in [-0.15, -0.1) is 0 Å². The molecule has 0 spiro atoms. The number of phenols is 1. The Labute approximate surface area is 231 Å². The van der Waals surface area contributed by atoms with Gasteiger partial charge >= 0.3 is 0 Å². The molecule has 1 amide bonds. The fourth-order valence-electron chi connectivity index (χ4n) is 5.17. The van der Waals surface area contributed by atoms with Gasteiger partial charge in [0.15, 0.2) is 0 Å². The van der Waals surface area contributed by atoms with Gasteiger partial charge < -0.3 is 14.9 Å². The van der Waals surface area contributed by atoms with Crippen molar-refractivity contribution in [1.29, 1.82) is 0 Å². The molecule has 2 saturated heterocycles. The molecule has 3 aromatic carbocycles. The van der Waals surface area contributed by atoms with Crippen LogP contribution in [0.2, 0.25) is 5.02 Å². The zero-order valence-corrected chi connectivity index (χ0v) is 22.7. The molecule has 0 saturated carbocycles. The Balaban J connectivity index is 1.21. The topological polar surface area (TPSA) is 47.0 Å². The van der Waals surface area contributed by atoms with E-state index in [9.17, 15) is 18.7 Å². The Bertz CT molecular complexity index is 1310. The number of hydrogen-bond acceptors (Lipinski definition) is 5. The lowest BCUT2D eigenvalue weighted by molar-refractivity contribution is 0.0747. The van der Waals surface area contributed by atoms with Crippen LogP contribution in [0.5, 0.6) is 5.75 Å². The summed E-state index contributed by atoms with van der Waals surface area (Å²) in [5, 5.41) is 11.0. The van der Waals surface area contributed by atoms with Crippen LogP contribution >= 0.6 is 23.5 Å². The van der Waals surface area contributed by atoms with Crippen LogP contribution in [0.15, 0.2) is 59.5 Å². The van der Waals surface area contributed by atoms with Gasteiger partial charge in [-0.3, -0.25) is 4.79 Å². The largest absolute Gasteiger partial charge is 0.505 e. The molecule has 2 aliphatic rings. The Kier molecular flexibility index (Phi) is 8.12. The van der Waals surface area contributed by atoms with E-state index in [2.05, 4.69) is 9.21 Å². The molecule has 2 aliphatic heterocycles. The molecule has 3 aromatic rings. The number of aryl methyl sites for hydroxylation is 1. The van der Waals surface area contributed by atoms with E-state index in [1.165, 1.54) is 29.8 Å². The maximum Gasteiger partial charge on any atom is 0.255 e. The van der Waals surface area contributed by atoms with E-state index in [0.29, 0.717) is 37.7 Å². The van der Waals surface area contributed by atoms with Gasteiger partial charge in [0.2, 0.25) is 0 Å². The molecule has 1 N–H and O–H groups in total. The second-order valence-corrected chi connectivity index (χ2v) is 11.4. The van der Waals surface area contributed by atoms with Crippen molar-refractivity contribution in [3.8, 4) is 5.75 Å². The van der Waals surface area contributed by atoms with Gasteiger partial charge in [-0.2, -0.15) is 0 Å². The number of phenolic OH excluding ortho intramolecular Hbond substituents is 1. The van der Waals surface area contributed by atoms with E-state index in [-0.39, 0.29) is 22.5 Å². The summed E-state index contributed by atoms with van der Waals surface area (Å²) >= 11 is 7.79. The zero-order valence-electron chi connectivity index (χ0n) is 21.2. The Morgan fingerprint density at radius 2 is 1.58 bits per heavy atom. The van der Waals surface area contributed by atoms with Crippen LogP contribution in [0.1, 0.15) is 40.2 Å². The summed E-state index contributed by atoms with van der Waals surface area (Å²) in [6.45, 7) is 5.82. The minimum Gasteiger partial charge on any atom is -0.505 e. The van der Waals surface area contributed by atoms with Crippen molar-refractivity contribution in [3.05, 3.63) is 87.9 Å². The number of piperazine rings is 1. The SMILES string of the molecule is Cc1cc(SN2CCC(c3ccc(F)cc3)CC2)cc(N2CCN(C(=O)c3ccc(F)cc3Cl)CC2)c1O. The summed E-state index contributed by atoms with van der Waals surface area (Å²) < 4.78 is 29.0. The van der Waals surface area contributed by atoms with E-state index in [1.807, 2.05) is 31.2 Å². The first-order valence-electron chi connectivity index (χ1n) is 12.8. The molecule has 0 bridgehead atoms. The smallest absolute Gasteiger partial charge is 0.255 e. The first-order valence-corrected chi connectivity index (χ1v) is 13.9. The highest BCUT2D eigenvalue weighted by Crippen LogP contribution is 2.39. The van der Waals surface area contributed by atoms with Gasteiger partial charge in [-0.1, -0.05) is 23.7 Å². The molecule has 2 heterocycles. The van der Waals surface area contributed by atoms with Crippen molar-refractivity contribution < 1.29 is 18.7 Å². The summed E-state index contributed by atoms with van der Waals surface area (Å²) in [6, 6.07) is 14.7. The lowest BCUT2D eigenvalue weighted by Gasteiger charge is -2.37. The molecule has 200 valence electrons. The van der Waals surface area contributed by atoms with Crippen molar-refractivity contribution in [2.45, 2.75) is 30.6 Å². The molecule has 0 unspecified atom stereocenters.